The van der Waals surface area contributed by atoms with Gasteiger partial charge in [-0.25, -0.2) is 13.4 Å². The van der Waals surface area contributed by atoms with E-state index in [9.17, 15) is 8.42 Å². The van der Waals surface area contributed by atoms with Gasteiger partial charge in [0.2, 0.25) is 10.0 Å². The van der Waals surface area contributed by atoms with E-state index in [0.717, 1.165) is 6.42 Å². The van der Waals surface area contributed by atoms with Gasteiger partial charge in [0.15, 0.2) is 0 Å². The molecule has 0 aliphatic rings. The molecular weight excluding hydrogens is 288 g/mol. The van der Waals surface area contributed by atoms with E-state index in [0.29, 0.717) is 36.9 Å². The first-order valence-corrected chi connectivity index (χ1v) is 8.70. The molecule has 1 rings (SSSR count). The van der Waals surface area contributed by atoms with Crippen LogP contribution >= 0.6 is 0 Å². The van der Waals surface area contributed by atoms with Crippen LogP contribution in [0.1, 0.15) is 20.3 Å². The number of nitrogens with zero attached hydrogens (tertiary/aromatic N) is 3. The van der Waals surface area contributed by atoms with Crippen molar-refractivity contribution in [1.29, 1.82) is 0 Å². The number of pyridine rings is 1. The summed E-state index contributed by atoms with van der Waals surface area (Å²) in [6.07, 6.45) is 2.32. The maximum absolute atomic E-state index is 12.7. The SMILES string of the molecule is CCCN(CCN(C)C)S(=O)(=O)c1ccnc(NCC)c1. The van der Waals surface area contributed by atoms with E-state index in [1.54, 1.807) is 12.1 Å². The summed E-state index contributed by atoms with van der Waals surface area (Å²) in [5, 5.41) is 3.04. The van der Waals surface area contributed by atoms with E-state index in [1.807, 2.05) is 32.8 Å². The molecule has 7 heteroatoms. The Morgan fingerprint density at radius 3 is 2.48 bits per heavy atom. The Kier molecular flexibility index (Phi) is 7.07. The van der Waals surface area contributed by atoms with Crippen LogP contribution in [0, 0.1) is 0 Å². The van der Waals surface area contributed by atoms with Gasteiger partial charge in [-0.2, -0.15) is 4.31 Å². The lowest BCUT2D eigenvalue weighted by atomic mass is 10.4. The smallest absolute Gasteiger partial charge is 0.243 e. The predicted molar refractivity (Wildman–Crippen MR) is 86.0 cm³/mol. The Balaban J connectivity index is 3.01. The molecule has 0 aromatic carbocycles. The number of likely N-dealkylation sites (N-methyl/N-ethyl adjacent to an activating group) is 1. The minimum atomic E-state index is -3.47. The van der Waals surface area contributed by atoms with Gasteiger partial charge < -0.3 is 10.2 Å². The lowest BCUT2D eigenvalue weighted by Crippen LogP contribution is -2.37. The molecule has 21 heavy (non-hydrogen) atoms. The van der Waals surface area contributed by atoms with Gasteiger partial charge in [0, 0.05) is 38.4 Å². The zero-order valence-corrected chi connectivity index (χ0v) is 14.2. The third-order valence-electron chi connectivity index (χ3n) is 3.00. The molecular formula is C14H26N4O2S. The van der Waals surface area contributed by atoms with Crippen molar-refractivity contribution in [2.24, 2.45) is 0 Å². The van der Waals surface area contributed by atoms with Crippen LogP contribution in [-0.4, -0.2) is 62.9 Å². The molecule has 6 nitrogen and oxygen atoms in total. The first-order chi connectivity index (χ1) is 9.91. The van der Waals surface area contributed by atoms with Crippen LogP contribution in [0.3, 0.4) is 0 Å². The van der Waals surface area contributed by atoms with Crippen molar-refractivity contribution in [3.63, 3.8) is 0 Å². The summed E-state index contributed by atoms with van der Waals surface area (Å²) in [4.78, 5) is 6.39. The molecule has 0 atom stereocenters. The number of nitrogens with one attached hydrogen (secondary N) is 1. The molecule has 0 saturated carbocycles. The van der Waals surface area contributed by atoms with E-state index in [4.69, 9.17) is 0 Å². The van der Waals surface area contributed by atoms with Crippen molar-refractivity contribution in [3.05, 3.63) is 18.3 Å². The summed E-state index contributed by atoms with van der Waals surface area (Å²) in [7, 11) is 0.401. The van der Waals surface area contributed by atoms with Crippen LogP contribution in [0.25, 0.3) is 0 Å². The Labute approximate surface area is 128 Å². The van der Waals surface area contributed by atoms with Gasteiger partial charge in [-0.05, 0) is 33.5 Å². The fraction of sp³-hybridized carbons (Fsp3) is 0.643. The molecule has 0 aliphatic carbocycles. The van der Waals surface area contributed by atoms with Gasteiger partial charge in [0.05, 0.1) is 4.90 Å². The summed E-state index contributed by atoms with van der Waals surface area (Å²) in [6.45, 7) is 6.34. The highest BCUT2D eigenvalue weighted by molar-refractivity contribution is 7.89. The Morgan fingerprint density at radius 1 is 1.19 bits per heavy atom. The highest BCUT2D eigenvalue weighted by Gasteiger charge is 2.24. The number of hydrogen-bond acceptors (Lipinski definition) is 5. The summed E-state index contributed by atoms with van der Waals surface area (Å²) in [5.41, 5.74) is 0. The second-order valence-electron chi connectivity index (χ2n) is 5.11. The second-order valence-corrected chi connectivity index (χ2v) is 7.05. The van der Waals surface area contributed by atoms with Crippen LogP contribution in [0.2, 0.25) is 0 Å². The normalized spacial score (nSPS) is 12.1. The number of hydrogen-bond donors (Lipinski definition) is 1. The molecule has 0 fully saturated rings. The zero-order chi connectivity index (χ0) is 15.9. The van der Waals surface area contributed by atoms with Crippen molar-refractivity contribution >= 4 is 15.8 Å². The Hall–Kier alpha value is -1.18. The monoisotopic (exact) mass is 314 g/mol. The third-order valence-corrected chi connectivity index (χ3v) is 4.89. The van der Waals surface area contributed by atoms with Crippen LogP contribution in [0.15, 0.2) is 23.2 Å². The number of aromatic nitrogens is 1. The molecule has 0 amide bonds. The number of anilines is 1. The first-order valence-electron chi connectivity index (χ1n) is 7.26. The van der Waals surface area contributed by atoms with Gasteiger partial charge in [-0.15, -0.1) is 0 Å². The molecule has 0 spiro atoms. The fourth-order valence-electron chi connectivity index (χ4n) is 1.91. The molecule has 0 saturated heterocycles. The van der Waals surface area contributed by atoms with E-state index >= 15 is 0 Å². The molecule has 1 aromatic rings. The number of rotatable bonds is 9. The molecule has 120 valence electrons. The summed E-state index contributed by atoms with van der Waals surface area (Å²) in [5.74, 6) is 0.586. The highest BCUT2D eigenvalue weighted by Crippen LogP contribution is 2.18. The third kappa shape index (κ3) is 5.26. The fourth-order valence-corrected chi connectivity index (χ4v) is 3.45. The van der Waals surface area contributed by atoms with Gasteiger partial charge in [0.25, 0.3) is 0 Å². The van der Waals surface area contributed by atoms with Crippen molar-refractivity contribution in [1.82, 2.24) is 14.2 Å². The van der Waals surface area contributed by atoms with Crippen molar-refractivity contribution in [3.8, 4) is 0 Å². The van der Waals surface area contributed by atoms with E-state index in [-0.39, 0.29) is 0 Å². The van der Waals surface area contributed by atoms with E-state index in [1.165, 1.54) is 10.5 Å². The van der Waals surface area contributed by atoms with Crippen molar-refractivity contribution in [2.75, 3.05) is 45.6 Å². The lowest BCUT2D eigenvalue weighted by molar-refractivity contribution is 0.333. The van der Waals surface area contributed by atoms with Gasteiger partial charge in [-0.1, -0.05) is 6.92 Å². The highest BCUT2D eigenvalue weighted by atomic mass is 32.2. The maximum Gasteiger partial charge on any atom is 0.243 e. The predicted octanol–water partition coefficient (Wildman–Crippen LogP) is 1.48. The minimum Gasteiger partial charge on any atom is -0.370 e. The standard InChI is InChI=1S/C14H26N4O2S/c1-5-9-18(11-10-17(3)4)21(19,20)13-7-8-16-14(12-13)15-6-2/h7-8,12H,5-6,9-11H2,1-4H3,(H,15,16). The molecule has 1 aromatic heterocycles. The number of sulfonamides is 1. The van der Waals surface area contributed by atoms with Crippen LogP contribution in [0.4, 0.5) is 5.82 Å². The maximum atomic E-state index is 12.7. The van der Waals surface area contributed by atoms with Gasteiger partial charge >= 0.3 is 0 Å². The molecule has 1 N–H and O–H groups in total. The zero-order valence-electron chi connectivity index (χ0n) is 13.3. The molecule has 0 radical (unpaired) electrons. The minimum absolute atomic E-state index is 0.292. The van der Waals surface area contributed by atoms with Gasteiger partial charge in [0.1, 0.15) is 5.82 Å². The van der Waals surface area contributed by atoms with E-state index < -0.39 is 10.0 Å². The molecule has 0 unspecified atom stereocenters. The van der Waals surface area contributed by atoms with Crippen LogP contribution in [0.5, 0.6) is 0 Å². The average molecular weight is 314 g/mol. The van der Waals surface area contributed by atoms with Crippen molar-refractivity contribution < 1.29 is 8.42 Å². The quantitative estimate of drug-likeness (QED) is 0.748. The first kappa shape index (κ1) is 17.9. The topological polar surface area (TPSA) is 65.5 Å². The molecule has 0 bridgehead atoms. The van der Waals surface area contributed by atoms with Crippen molar-refractivity contribution in [2.45, 2.75) is 25.2 Å². The largest absolute Gasteiger partial charge is 0.370 e. The second kappa shape index (κ2) is 8.31. The lowest BCUT2D eigenvalue weighted by Gasteiger charge is -2.23. The Morgan fingerprint density at radius 2 is 1.90 bits per heavy atom. The summed E-state index contributed by atoms with van der Waals surface area (Å²) >= 11 is 0. The van der Waals surface area contributed by atoms with Crippen LogP contribution in [-0.2, 0) is 10.0 Å². The van der Waals surface area contributed by atoms with E-state index in [2.05, 4.69) is 10.3 Å². The molecule has 0 aliphatic heterocycles. The average Bonchev–Trinajstić information content (AvgIpc) is 2.43. The summed E-state index contributed by atoms with van der Waals surface area (Å²) in [6, 6.07) is 3.14. The molecule has 1 heterocycles. The summed E-state index contributed by atoms with van der Waals surface area (Å²) < 4.78 is 27.0. The van der Waals surface area contributed by atoms with Gasteiger partial charge in [-0.3, -0.25) is 0 Å². The van der Waals surface area contributed by atoms with Crippen LogP contribution < -0.4 is 5.32 Å². The Bertz CT molecular complexity index is 532.